The number of hydrogen-bond donors (Lipinski definition) is 2. The molecule has 7 nitrogen and oxygen atoms in total. The van der Waals surface area contributed by atoms with Gasteiger partial charge in [0.25, 0.3) is 0 Å². The van der Waals surface area contributed by atoms with Gasteiger partial charge in [0, 0.05) is 30.3 Å². The zero-order chi connectivity index (χ0) is 18.6. The molecule has 0 saturated heterocycles. The second-order valence-electron chi connectivity index (χ2n) is 5.43. The van der Waals surface area contributed by atoms with Gasteiger partial charge < -0.3 is 19.9 Å². The first-order valence-electron chi connectivity index (χ1n) is 8.87. The lowest BCUT2D eigenvalue weighted by Gasteiger charge is -2.10. The van der Waals surface area contributed by atoms with Gasteiger partial charge >= 0.3 is 0 Å². The number of halogens is 1. The van der Waals surface area contributed by atoms with E-state index in [2.05, 4.69) is 37.9 Å². The van der Waals surface area contributed by atoms with E-state index in [9.17, 15) is 0 Å². The molecule has 1 atom stereocenters. The van der Waals surface area contributed by atoms with Gasteiger partial charge in [0.05, 0.1) is 0 Å². The van der Waals surface area contributed by atoms with Gasteiger partial charge in [-0.1, -0.05) is 23.4 Å². The van der Waals surface area contributed by atoms with E-state index in [1.54, 1.807) is 11.8 Å². The van der Waals surface area contributed by atoms with Gasteiger partial charge in [0.15, 0.2) is 11.8 Å². The molecule has 2 aromatic rings. The topological polar surface area (TPSA) is 84.6 Å². The molecule has 0 aliphatic rings. The predicted octanol–water partition coefficient (Wildman–Crippen LogP) is 3.63. The monoisotopic (exact) mass is 505 g/mol. The first kappa shape index (κ1) is 23.7. The highest BCUT2D eigenvalue weighted by Gasteiger charge is 2.13. The molecule has 2 rings (SSSR count). The van der Waals surface area contributed by atoms with Crippen molar-refractivity contribution in [2.45, 2.75) is 38.3 Å². The maximum atomic E-state index is 5.46. The normalized spacial score (nSPS) is 12.3. The summed E-state index contributed by atoms with van der Waals surface area (Å²) in [6, 6.07) is 10.3. The van der Waals surface area contributed by atoms with Gasteiger partial charge in [-0.3, -0.25) is 0 Å². The van der Waals surface area contributed by atoms with Gasteiger partial charge in [0.1, 0.15) is 12.6 Å². The molecule has 0 fully saturated rings. The van der Waals surface area contributed by atoms with Crippen LogP contribution >= 0.6 is 35.7 Å². The summed E-state index contributed by atoms with van der Waals surface area (Å²) in [6.45, 7) is 8.40. The van der Waals surface area contributed by atoms with E-state index in [4.69, 9.17) is 9.26 Å². The molecule has 1 aromatic carbocycles. The Morgan fingerprint density at radius 3 is 2.74 bits per heavy atom. The molecule has 0 spiro atoms. The molecule has 0 saturated carbocycles. The van der Waals surface area contributed by atoms with Crippen molar-refractivity contribution in [2.24, 2.45) is 4.99 Å². The fraction of sp³-hybridized carbons (Fsp3) is 0.500. The van der Waals surface area contributed by atoms with Gasteiger partial charge in [-0.15, -0.1) is 35.7 Å². The molecule has 2 N–H and O–H groups in total. The highest BCUT2D eigenvalue weighted by molar-refractivity contribution is 14.0. The quantitative estimate of drug-likeness (QED) is 0.168. The number of nitrogens with one attached hydrogen (secondary N) is 2. The largest absolute Gasteiger partial charge is 0.371 e. The lowest BCUT2D eigenvalue weighted by Crippen LogP contribution is -2.38. The van der Waals surface area contributed by atoms with Crippen LogP contribution in [-0.2, 0) is 11.3 Å². The first-order chi connectivity index (χ1) is 12.7. The molecule has 1 unspecified atom stereocenters. The van der Waals surface area contributed by atoms with E-state index in [-0.39, 0.29) is 30.1 Å². The number of aliphatic imine (C=N–C) groups is 1. The number of benzene rings is 1. The van der Waals surface area contributed by atoms with Gasteiger partial charge in [-0.05, 0) is 32.9 Å². The van der Waals surface area contributed by atoms with Crippen LogP contribution in [0.3, 0.4) is 0 Å². The Bertz CT molecular complexity index is 669. The first-order valence-corrected chi connectivity index (χ1v) is 9.85. The van der Waals surface area contributed by atoms with Crippen molar-refractivity contribution in [3.63, 3.8) is 0 Å². The lowest BCUT2D eigenvalue weighted by atomic mass is 10.4. The number of hydrogen-bond acceptors (Lipinski definition) is 6. The van der Waals surface area contributed by atoms with Crippen molar-refractivity contribution in [3.8, 4) is 0 Å². The summed E-state index contributed by atoms with van der Waals surface area (Å²) in [5, 5.41) is 10.5. The summed E-state index contributed by atoms with van der Waals surface area (Å²) in [4.78, 5) is 10.1. The van der Waals surface area contributed by atoms with Crippen LogP contribution in [0.25, 0.3) is 0 Å². The van der Waals surface area contributed by atoms with Gasteiger partial charge in [0.2, 0.25) is 5.89 Å². The predicted molar refractivity (Wildman–Crippen MR) is 120 cm³/mol. The van der Waals surface area contributed by atoms with Crippen LogP contribution in [-0.4, -0.2) is 41.5 Å². The third-order valence-corrected chi connectivity index (χ3v) is 4.40. The summed E-state index contributed by atoms with van der Waals surface area (Å²) >= 11 is 1.81. The van der Waals surface area contributed by atoms with Crippen molar-refractivity contribution in [1.29, 1.82) is 0 Å². The van der Waals surface area contributed by atoms with Crippen LogP contribution in [0.4, 0.5) is 0 Å². The third-order valence-electron chi connectivity index (χ3n) is 3.39. The van der Waals surface area contributed by atoms with E-state index in [1.807, 2.05) is 39.0 Å². The lowest BCUT2D eigenvalue weighted by molar-refractivity contribution is 0.0683. The molecule has 0 bridgehead atoms. The SMILES string of the molecule is CCNC(=NCc1nc(C(C)OCC)no1)NCCSc1ccccc1.I. The van der Waals surface area contributed by atoms with Crippen molar-refractivity contribution < 1.29 is 9.26 Å². The van der Waals surface area contributed by atoms with Crippen LogP contribution < -0.4 is 10.6 Å². The van der Waals surface area contributed by atoms with Crippen LogP contribution in [0.5, 0.6) is 0 Å². The van der Waals surface area contributed by atoms with Crippen LogP contribution in [0.2, 0.25) is 0 Å². The highest BCUT2D eigenvalue weighted by atomic mass is 127. The van der Waals surface area contributed by atoms with Crippen LogP contribution in [0.1, 0.15) is 38.6 Å². The van der Waals surface area contributed by atoms with Gasteiger partial charge in [-0.25, -0.2) is 4.99 Å². The second-order valence-corrected chi connectivity index (χ2v) is 6.60. The summed E-state index contributed by atoms with van der Waals surface area (Å²) in [7, 11) is 0. The number of ether oxygens (including phenoxy) is 1. The Balaban J connectivity index is 0.00000364. The van der Waals surface area contributed by atoms with Crippen molar-refractivity contribution in [3.05, 3.63) is 42.0 Å². The van der Waals surface area contributed by atoms with Crippen molar-refractivity contribution >= 4 is 41.7 Å². The van der Waals surface area contributed by atoms with E-state index >= 15 is 0 Å². The van der Waals surface area contributed by atoms with Crippen molar-refractivity contribution in [2.75, 3.05) is 25.4 Å². The van der Waals surface area contributed by atoms with E-state index < -0.39 is 0 Å². The zero-order valence-electron chi connectivity index (χ0n) is 16.0. The Morgan fingerprint density at radius 1 is 1.26 bits per heavy atom. The van der Waals surface area contributed by atoms with Crippen LogP contribution in [0.15, 0.2) is 44.7 Å². The Morgan fingerprint density at radius 2 is 2.04 bits per heavy atom. The molecule has 0 radical (unpaired) electrons. The fourth-order valence-electron chi connectivity index (χ4n) is 2.17. The number of aromatic nitrogens is 2. The Hall–Kier alpha value is -1.33. The summed E-state index contributed by atoms with van der Waals surface area (Å²) in [6.07, 6.45) is -0.178. The van der Waals surface area contributed by atoms with Crippen molar-refractivity contribution in [1.82, 2.24) is 20.8 Å². The maximum Gasteiger partial charge on any atom is 0.248 e. The van der Waals surface area contributed by atoms with E-state index in [0.717, 1.165) is 24.8 Å². The van der Waals surface area contributed by atoms with E-state index in [1.165, 1.54) is 4.90 Å². The molecule has 0 aliphatic carbocycles. The number of nitrogens with zero attached hydrogens (tertiary/aromatic N) is 3. The molecule has 9 heteroatoms. The number of rotatable bonds is 10. The van der Waals surface area contributed by atoms with E-state index in [0.29, 0.717) is 24.9 Å². The Kier molecular flexibility index (Phi) is 12.1. The highest BCUT2D eigenvalue weighted by Crippen LogP contribution is 2.15. The molecular formula is C18H28IN5O2S. The smallest absolute Gasteiger partial charge is 0.248 e. The standard InChI is InChI=1S/C18H27N5O2S.HI/c1-4-19-18(20-11-12-26-15-9-7-6-8-10-15)21-13-16-22-17(23-25-16)14(3)24-5-2;/h6-10,14H,4-5,11-13H2,1-3H3,(H2,19,20,21);1H. The molecule has 0 amide bonds. The average molecular weight is 505 g/mol. The minimum absolute atomic E-state index is 0. The minimum atomic E-state index is -0.178. The molecular weight excluding hydrogens is 477 g/mol. The molecule has 1 heterocycles. The average Bonchev–Trinajstić information content (AvgIpc) is 3.13. The number of thioether (sulfide) groups is 1. The molecule has 27 heavy (non-hydrogen) atoms. The summed E-state index contributed by atoms with van der Waals surface area (Å²) < 4.78 is 10.7. The minimum Gasteiger partial charge on any atom is -0.371 e. The molecule has 0 aliphatic heterocycles. The Labute approximate surface area is 182 Å². The van der Waals surface area contributed by atoms with Crippen LogP contribution in [0, 0.1) is 0 Å². The zero-order valence-corrected chi connectivity index (χ0v) is 19.1. The summed E-state index contributed by atoms with van der Waals surface area (Å²) in [5.41, 5.74) is 0. The molecule has 150 valence electrons. The maximum absolute atomic E-state index is 5.46. The second kappa shape index (κ2) is 13.8. The van der Waals surface area contributed by atoms with Gasteiger partial charge in [-0.2, -0.15) is 4.98 Å². The summed E-state index contributed by atoms with van der Waals surface area (Å²) in [5.74, 6) is 2.71. The molecule has 1 aromatic heterocycles. The third kappa shape index (κ3) is 8.93. The fourth-order valence-corrected chi connectivity index (χ4v) is 2.95. The number of guanidine groups is 1.